The maximum Gasteiger partial charge on any atom is 0.160 e. The fraction of sp³-hybridized carbons (Fsp3) is 0.143. The van der Waals surface area contributed by atoms with Crippen molar-refractivity contribution in [1.82, 2.24) is 30.2 Å². The monoisotopic (exact) mass is 190 g/mol. The van der Waals surface area contributed by atoms with Gasteiger partial charge in [-0.25, -0.2) is 4.68 Å². The van der Waals surface area contributed by atoms with E-state index in [2.05, 4.69) is 20.6 Å². The molecule has 0 aliphatic carbocycles. The Bertz CT molecular complexity index is 623. The van der Waals surface area contributed by atoms with Gasteiger partial charge in [0.1, 0.15) is 11.0 Å². The van der Waals surface area contributed by atoms with Crippen molar-refractivity contribution in [3.63, 3.8) is 0 Å². The van der Waals surface area contributed by atoms with Gasteiger partial charge in [0.25, 0.3) is 0 Å². The summed E-state index contributed by atoms with van der Waals surface area (Å²) in [5.74, 6) is 0. The number of hydrogen-bond donors (Lipinski definition) is 1. The van der Waals surface area contributed by atoms with Crippen molar-refractivity contribution in [3.05, 3.63) is 12.1 Å². The van der Waals surface area contributed by atoms with Gasteiger partial charge in [-0.05, 0) is 17.3 Å². The van der Waals surface area contributed by atoms with Gasteiger partial charge in [-0.15, -0.1) is 10.2 Å². The molecule has 3 aromatic rings. The summed E-state index contributed by atoms with van der Waals surface area (Å²) in [4.78, 5) is 0.715. The second-order valence-electron chi connectivity index (χ2n) is 2.99. The molecule has 2 heterocycles. The summed E-state index contributed by atoms with van der Waals surface area (Å²) in [6, 6.07) is 3.60. The Kier molecular flexibility index (Phi) is 1.13. The van der Waals surface area contributed by atoms with E-state index in [0.29, 0.717) is 21.4 Å². The molecule has 70 valence electrons. The lowest BCUT2D eigenvalue weighted by molar-refractivity contribution is 0.155. The molecule has 0 saturated heterocycles. The van der Waals surface area contributed by atoms with Crippen LogP contribution in [0.5, 0.6) is 0 Å². The number of fused-ring (bicyclic) bond motifs is 3. The smallest absolute Gasteiger partial charge is 0.160 e. The van der Waals surface area contributed by atoms with Crippen LogP contribution in [0.2, 0.25) is 0 Å². The summed E-state index contributed by atoms with van der Waals surface area (Å²) in [5.41, 5.74) is 2.50. The molecule has 0 amide bonds. The van der Waals surface area contributed by atoms with Gasteiger partial charge in [0.05, 0.1) is 5.52 Å². The highest BCUT2D eigenvalue weighted by Crippen LogP contribution is 2.19. The van der Waals surface area contributed by atoms with Crippen LogP contribution in [0.3, 0.4) is 0 Å². The Balaban J connectivity index is 2.66. The second kappa shape index (κ2) is 2.19. The van der Waals surface area contributed by atoms with E-state index < -0.39 is 0 Å². The Morgan fingerprint density at radius 1 is 1.21 bits per heavy atom. The van der Waals surface area contributed by atoms with Crippen LogP contribution in [0.15, 0.2) is 12.1 Å². The molecule has 0 saturated carbocycles. The van der Waals surface area contributed by atoms with Gasteiger partial charge in [-0.2, -0.15) is 0 Å². The van der Waals surface area contributed by atoms with Crippen LogP contribution in [-0.4, -0.2) is 35.4 Å². The van der Waals surface area contributed by atoms with E-state index in [4.69, 9.17) is 0 Å². The number of benzene rings is 1. The lowest BCUT2D eigenvalue weighted by Crippen LogP contribution is -1.92. The number of aryl methyl sites for hydroxylation is 1. The van der Waals surface area contributed by atoms with Crippen LogP contribution < -0.4 is 0 Å². The highest BCUT2D eigenvalue weighted by molar-refractivity contribution is 5.99. The molecule has 3 rings (SSSR count). The molecule has 7 heteroatoms. The third kappa shape index (κ3) is 0.709. The van der Waals surface area contributed by atoms with Gasteiger partial charge in [0.2, 0.25) is 0 Å². The van der Waals surface area contributed by atoms with Crippen LogP contribution in [0.25, 0.3) is 22.1 Å². The average Bonchev–Trinajstić information content (AvgIpc) is 2.72. The van der Waals surface area contributed by atoms with Gasteiger partial charge in [0.15, 0.2) is 5.52 Å². The van der Waals surface area contributed by atoms with Crippen LogP contribution in [-0.2, 0) is 7.05 Å². The van der Waals surface area contributed by atoms with Crippen molar-refractivity contribution in [3.8, 4) is 0 Å². The van der Waals surface area contributed by atoms with Crippen molar-refractivity contribution in [2.24, 2.45) is 7.05 Å². The Labute approximate surface area is 77.5 Å². The molecule has 1 N–H and O–H groups in total. The van der Waals surface area contributed by atoms with E-state index in [1.807, 2.05) is 6.07 Å². The van der Waals surface area contributed by atoms with Gasteiger partial charge in [0, 0.05) is 7.05 Å². The van der Waals surface area contributed by atoms with Crippen molar-refractivity contribution in [2.75, 3.05) is 0 Å². The minimum absolute atomic E-state index is 0.482. The first kappa shape index (κ1) is 7.25. The summed E-state index contributed by atoms with van der Waals surface area (Å²) in [6.45, 7) is 0. The first-order valence-electron chi connectivity index (χ1n) is 4.00. The van der Waals surface area contributed by atoms with Crippen LogP contribution in [0.1, 0.15) is 0 Å². The number of rotatable bonds is 0. The van der Waals surface area contributed by atoms with Crippen molar-refractivity contribution < 1.29 is 5.21 Å². The number of aromatic nitrogens is 6. The minimum atomic E-state index is 0.482. The molecule has 0 unspecified atom stereocenters. The maximum atomic E-state index is 9.38. The Morgan fingerprint density at radius 2 is 2.07 bits per heavy atom. The average molecular weight is 190 g/mol. The van der Waals surface area contributed by atoms with Crippen molar-refractivity contribution >= 4 is 22.1 Å². The van der Waals surface area contributed by atoms with Crippen molar-refractivity contribution in [2.45, 2.75) is 0 Å². The Morgan fingerprint density at radius 3 is 2.93 bits per heavy atom. The highest BCUT2D eigenvalue weighted by Gasteiger charge is 2.11. The van der Waals surface area contributed by atoms with E-state index in [-0.39, 0.29) is 0 Å². The molecule has 14 heavy (non-hydrogen) atoms. The summed E-state index contributed by atoms with van der Waals surface area (Å²) in [6.07, 6.45) is 0. The fourth-order valence-corrected chi connectivity index (χ4v) is 1.49. The molecule has 0 aliphatic heterocycles. The molecule has 0 aliphatic rings. The van der Waals surface area contributed by atoms with Crippen LogP contribution in [0, 0.1) is 0 Å². The summed E-state index contributed by atoms with van der Waals surface area (Å²) in [5, 5.41) is 24.4. The van der Waals surface area contributed by atoms with E-state index in [9.17, 15) is 5.21 Å². The van der Waals surface area contributed by atoms with Crippen LogP contribution in [0.4, 0.5) is 0 Å². The molecular formula is C7H6N6O. The van der Waals surface area contributed by atoms with Crippen LogP contribution >= 0.6 is 0 Å². The van der Waals surface area contributed by atoms with E-state index in [1.165, 1.54) is 0 Å². The fourth-order valence-electron chi connectivity index (χ4n) is 1.49. The predicted octanol–water partition coefficient (Wildman–Crippen LogP) is -0.0497. The highest BCUT2D eigenvalue weighted by atomic mass is 16.5. The second-order valence-corrected chi connectivity index (χ2v) is 2.99. The SMILES string of the molecule is Cn1nnc2c1ccc1nnn(O)c12. The van der Waals surface area contributed by atoms with Gasteiger partial charge >= 0.3 is 0 Å². The molecule has 0 radical (unpaired) electrons. The van der Waals surface area contributed by atoms with Crippen molar-refractivity contribution in [1.29, 1.82) is 0 Å². The molecule has 2 aromatic heterocycles. The third-order valence-corrected chi connectivity index (χ3v) is 2.17. The zero-order valence-electron chi connectivity index (χ0n) is 7.29. The van der Waals surface area contributed by atoms with E-state index >= 15 is 0 Å². The first-order valence-corrected chi connectivity index (χ1v) is 4.00. The third-order valence-electron chi connectivity index (χ3n) is 2.17. The van der Waals surface area contributed by atoms with Gasteiger partial charge in [-0.1, -0.05) is 10.1 Å². The number of nitrogens with zero attached hydrogens (tertiary/aromatic N) is 6. The lowest BCUT2D eigenvalue weighted by atomic mass is 10.2. The van der Waals surface area contributed by atoms with E-state index in [0.717, 1.165) is 5.52 Å². The molecular weight excluding hydrogens is 184 g/mol. The molecule has 0 atom stereocenters. The molecule has 0 bridgehead atoms. The minimum Gasteiger partial charge on any atom is -0.410 e. The maximum absolute atomic E-state index is 9.38. The number of hydrogen-bond acceptors (Lipinski definition) is 5. The normalized spacial score (nSPS) is 11.5. The zero-order valence-corrected chi connectivity index (χ0v) is 7.29. The summed E-state index contributed by atoms with van der Waals surface area (Å²) < 4.78 is 1.63. The van der Waals surface area contributed by atoms with Gasteiger partial charge < -0.3 is 5.21 Å². The standard InChI is InChI=1S/C7H6N6O/c1-12-5-3-2-4-7(6(5)9-10-12)13(14)11-8-4/h2-3,14H,1H3. The topological polar surface area (TPSA) is 81.7 Å². The van der Waals surface area contributed by atoms with E-state index in [1.54, 1.807) is 17.8 Å². The molecule has 0 spiro atoms. The lowest BCUT2D eigenvalue weighted by Gasteiger charge is -1.92. The summed E-state index contributed by atoms with van der Waals surface area (Å²) >= 11 is 0. The predicted molar refractivity (Wildman–Crippen MR) is 46.8 cm³/mol. The molecule has 7 nitrogen and oxygen atoms in total. The summed E-state index contributed by atoms with van der Waals surface area (Å²) in [7, 11) is 1.78. The first-order chi connectivity index (χ1) is 6.77. The Hall–Kier alpha value is -2.18. The zero-order chi connectivity index (χ0) is 9.71. The molecule has 0 fully saturated rings. The quantitative estimate of drug-likeness (QED) is 0.502. The van der Waals surface area contributed by atoms with Gasteiger partial charge in [-0.3, -0.25) is 0 Å². The molecule has 1 aromatic carbocycles. The largest absolute Gasteiger partial charge is 0.410 e.